The first-order chi connectivity index (χ1) is 8.91. The quantitative estimate of drug-likeness (QED) is 0.930. The van der Waals surface area contributed by atoms with E-state index in [2.05, 4.69) is 4.98 Å². The minimum atomic E-state index is -4.43. The van der Waals surface area contributed by atoms with Crippen molar-refractivity contribution in [1.82, 2.24) is 4.98 Å². The molecule has 2 unspecified atom stereocenters. The lowest BCUT2D eigenvalue weighted by Gasteiger charge is -2.16. The number of halogens is 3. The van der Waals surface area contributed by atoms with Crippen LogP contribution in [0.2, 0.25) is 0 Å². The van der Waals surface area contributed by atoms with Gasteiger partial charge in [0.05, 0.1) is 6.10 Å². The van der Waals surface area contributed by atoms with Crippen molar-refractivity contribution in [2.75, 3.05) is 6.61 Å². The van der Waals surface area contributed by atoms with Crippen molar-refractivity contribution in [2.45, 2.75) is 42.4 Å². The second kappa shape index (κ2) is 5.68. The van der Waals surface area contributed by atoms with Gasteiger partial charge in [0.1, 0.15) is 10.7 Å². The van der Waals surface area contributed by atoms with Crippen molar-refractivity contribution in [3.8, 4) is 0 Å². The Morgan fingerprint density at radius 2 is 2.21 bits per heavy atom. The van der Waals surface area contributed by atoms with Crippen LogP contribution >= 0.6 is 11.8 Å². The van der Waals surface area contributed by atoms with Gasteiger partial charge in [0, 0.05) is 18.4 Å². The standard InChI is InChI=1S/C12H15F3N2OS/c1-7-9(4-5-18-7)19-11-8(6-16)2-3-10(17-11)12(13,14)15/h2-3,7,9H,4-6,16H2,1H3. The van der Waals surface area contributed by atoms with Crippen LogP contribution < -0.4 is 5.73 Å². The second-order valence-electron chi connectivity index (χ2n) is 4.38. The molecular weight excluding hydrogens is 277 g/mol. The van der Waals surface area contributed by atoms with Gasteiger partial charge in [-0.15, -0.1) is 0 Å². The summed E-state index contributed by atoms with van der Waals surface area (Å²) >= 11 is 1.32. The fourth-order valence-electron chi connectivity index (χ4n) is 1.89. The predicted molar refractivity (Wildman–Crippen MR) is 66.8 cm³/mol. The van der Waals surface area contributed by atoms with Crippen molar-refractivity contribution < 1.29 is 17.9 Å². The van der Waals surface area contributed by atoms with E-state index in [0.717, 1.165) is 12.5 Å². The Bertz CT molecular complexity index is 453. The summed E-state index contributed by atoms with van der Waals surface area (Å²) in [4.78, 5) is 3.72. The first-order valence-electron chi connectivity index (χ1n) is 5.97. The number of rotatable bonds is 3. The first-order valence-corrected chi connectivity index (χ1v) is 6.85. The monoisotopic (exact) mass is 292 g/mol. The second-order valence-corrected chi connectivity index (χ2v) is 5.61. The topological polar surface area (TPSA) is 48.1 Å². The average molecular weight is 292 g/mol. The Kier molecular flexibility index (Phi) is 4.37. The van der Waals surface area contributed by atoms with Crippen molar-refractivity contribution in [2.24, 2.45) is 5.73 Å². The number of hydrogen-bond donors (Lipinski definition) is 1. The highest BCUT2D eigenvalue weighted by Gasteiger charge is 2.34. The highest BCUT2D eigenvalue weighted by Crippen LogP contribution is 2.35. The van der Waals surface area contributed by atoms with Gasteiger partial charge in [-0.1, -0.05) is 17.8 Å². The van der Waals surface area contributed by atoms with Gasteiger partial charge in [-0.2, -0.15) is 13.2 Å². The lowest BCUT2D eigenvalue weighted by atomic mass is 10.2. The third-order valence-corrected chi connectivity index (χ3v) is 4.52. The molecule has 0 amide bonds. The van der Waals surface area contributed by atoms with E-state index in [-0.39, 0.29) is 17.9 Å². The number of nitrogens with two attached hydrogens (primary N) is 1. The maximum Gasteiger partial charge on any atom is 0.433 e. The fraction of sp³-hybridized carbons (Fsp3) is 0.583. The number of nitrogens with zero attached hydrogens (tertiary/aromatic N) is 1. The number of pyridine rings is 1. The molecule has 7 heteroatoms. The number of alkyl halides is 3. The van der Waals surface area contributed by atoms with Gasteiger partial charge >= 0.3 is 6.18 Å². The van der Waals surface area contributed by atoms with E-state index in [1.165, 1.54) is 17.8 Å². The predicted octanol–water partition coefficient (Wildman–Crippen LogP) is 2.83. The Hall–Kier alpha value is -0.790. The summed E-state index contributed by atoms with van der Waals surface area (Å²) in [5.41, 5.74) is 5.31. The van der Waals surface area contributed by atoms with E-state index in [1.54, 1.807) is 0 Å². The molecule has 1 aliphatic rings. The number of aromatic nitrogens is 1. The molecule has 2 N–H and O–H groups in total. The van der Waals surface area contributed by atoms with Crippen LogP contribution in [-0.4, -0.2) is 22.9 Å². The van der Waals surface area contributed by atoms with E-state index in [1.807, 2.05) is 6.92 Å². The highest BCUT2D eigenvalue weighted by atomic mass is 32.2. The molecule has 1 saturated heterocycles. The molecule has 2 rings (SSSR count). The van der Waals surface area contributed by atoms with E-state index in [9.17, 15) is 13.2 Å². The van der Waals surface area contributed by atoms with Gasteiger partial charge in [-0.3, -0.25) is 0 Å². The van der Waals surface area contributed by atoms with Gasteiger partial charge in [-0.05, 0) is 25.0 Å². The Morgan fingerprint density at radius 3 is 2.74 bits per heavy atom. The molecule has 1 aromatic rings. The molecule has 0 bridgehead atoms. The van der Waals surface area contributed by atoms with Crippen molar-refractivity contribution >= 4 is 11.8 Å². The average Bonchev–Trinajstić information content (AvgIpc) is 2.74. The normalized spacial score (nSPS) is 23.8. The third kappa shape index (κ3) is 3.40. The molecular formula is C12H15F3N2OS. The van der Waals surface area contributed by atoms with E-state index >= 15 is 0 Å². The molecule has 1 aromatic heterocycles. The lowest BCUT2D eigenvalue weighted by Crippen LogP contribution is -2.16. The molecule has 0 saturated carbocycles. The Morgan fingerprint density at radius 1 is 1.47 bits per heavy atom. The van der Waals surface area contributed by atoms with Gasteiger partial charge in [-0.25, -0.2) is 4.98 Å². The molecule has 0 aliphatic carbocycles. The summed E-state index contributed by atoms with van der Waals surface area (Å²) in [6.45, 7) is 2.73. The van der Waals surface area contributed by atoms with Crippen LogP contribution in [0.5, 0.6) is 0 Å². The SMILES string of the molecule is CC1OCCC1Sc1nc(C(F)(F)F)ccc1CN. The molecule has 2 heterocycles. The molecule has 19 heavy (non-hydrogen) atoms. The fourth-order valence-corrected chi connectivity index (χ4v) is 3.12. The van der Waals surface area contributed by atoms with Gasteiger partial charge in [0.15, 0.2) is 0 Å². The maximum absolute atomic E-state index is 12.7. The van der Waals surface area contributed by atoms with Crippen LogP contribution in [0.25, 0.3) is 0 Å². The molecule has 0 radical (unpaired) electrons. The Balaban J connectivity index is 2.26. The summed E-state index contributed by atoms with van der Waals surface area (Å²) in [6, 6.07) is 2.37. The molecule has 1 aliphatic heterocycles. The molecule has 106 valence electrons. The molecule has 0 aromatic carbocycles. The van der Waals surface area contributed by atoms with Crippen LogP contribution in [-0.2, 0) is 17.5 Å². The number of thioether (sulfide) groups is 1. The molecule has 0 spiro atoms. The maximum atomic E-state index is 12.7. The summed E-state index contributed by atoms with van der Waals surface area (Å²) in [5, 5.41) is 0.487. The smallest absolute Gasteiger partial charge is 0.377 e. The zero-order chi connectivity index (χ0) is 14.0. The van der Waals surface area contributed by atoms with Crippen LogP contribution in [0.4, 0.5) is 13.2 Å². The van der Waals surface area contributed by atoms with Crippen molar-refractivity contribution in [3.05, 3.63) is 23.4 Å². The van der Waals surface area contributed by atoms with Crippen LogP contribution in [0, 0.1) is 0 Å². The first kappa shape index (κ1) is 14.6. The number of ether oxygens (including phenoxy) is 1. The molecule has 1 fully saturated rings. The van der Waals surface area contributed by atoms with E-state index < -0.39 is 11.9 Å². The summed E-state index contributed by atoms with van der Waals surface area (Å²) in [5.74, 6) is 0. The summed E-state index contributed by atoms with van der Waals surface area (Å²) in [6.07, 6.45) is -3.60. The van der Waals surface area contributed by atoms with Crippen LogP contribution in [0.3, 0.4) is 0 Å². The lowest BCUT2D eigenvalue weighted by molar-refractivity contribution is -0.141. The largest absolute Gasteiger partial charge is 0.433 e. The minimum absolute atomic E-state index is 0.0203. The van der Waals surface area contributed by atoms with Crippen molar-refractivity contribution in [1.29, 1.82) is 0 Å². The van der Waals surface area contributed by atoms with Crippen LogP contribution in [0.1, 0.15) is 24.6 Å². The van der Waals surface area contributed by atoms with Crippen LogP contribution in [0.15, 0.2) is 17.2 Å². The van der Waals surface area contributed by atoms with Gasteiger partial charge in [0.25, 0.3) is 0 Å². The molecule has 2 atom stereocenters. The minimum Gasteiger partial charge on any atom is -0.377 e. The van der Waals surface area contributed by atoms with Crippen molar-refractivity contribution in [3.63, 3.8) is 0 Å². The van der Waals surface area contributed by atoms with E-state index in [0.29, 0.717) is 17.2 Å². The van der Waals surface area contributed by atoms with E-state index in [4.69, 9.17) is 10.5 Å². The third-order valence-electron chi connectivity index (χ3n) is 3.02. The Labute approximate surface area is 113 Å². The summed E-state index contributed by atoms with van der Waals surface area (Å²) in [7, 11) is 0. The highest BCUT2D eigenvalue weighted by molar-refractivity contribution is 8.00. The molecule has 3 nitrogen and oxygen atoms in total. The zero-order valence-corrected chi connectivity index (χ0v) is 11.2. The zero-order valence-electron chi connectivity index (χ0n) is 10.4. The van der Waals surface area contributed by atoms with Gasteiger partial charge in [0.2, 0.25) is 0 Å². The number of hydrogen-bond acceptors (Lipinski definition) is 4. The van der Waals surface area contributed by atoms with Gasteiger partial charge < -0.3 is 10.5 Å². The summed E-state index contributed by atoms with van der Waals surface area (Å²) < 4.78 is 43.4.